The monoisotopic (exact) mass is 685 g/mol. The van der Waals surface area contributed by atoms with Crippen molar-refractivity contribution in [2.75, 3.05) is 44.2 Å². The zero-order chi connectivity index (χ0) is 25.8. The van der Waals surface area contributed by atoms with Gasteiger partial charge in [0.05, 0.1) is 9.38 Å². The van der Waals surface area contributed by atoms with Gasteiger partial charge in [-0.2, -0.15) is 0 Å². The third-order valence-electron chi connectivity index (χ3n) is 5.58. The van der Waals surface area contributed by atoms with Crippen LogP contribution in [0.25, 0.3) is 6.08 Å². The minimum absolute atomic E-state index is 0.135. The Balaban J connectivity index is 1.43. The summed E-state index contributed by atoms with van der Waals surface area (Å²) in [5, 5.41) is 8.44. The number of hydrogen-bond donors (Lipinski definition) is 1. The summed E-state index contributed by atoms with van der Waals surface area (Å²) in [5.41, 5.74) is 1.54. The van der Waals surface area contributed by atoms with E-state index in [4.69, 9.17) is 9.84 Å². The Morgan fingerprint density at radius 2 is 1.81 bits per heavy atom. The zero-order valence-corrected chi connectivity index (χ0v) is 23.4. The Kier molecular flexibility index (Phi) is 8.57. The van der Waals surface area contributed by atoms with Crippen molar-refractivity contribution in [1.29, 1.82) is 0 Å². The quantitative estimate of drug-likeness (QED) is 0.346. The first-order valence-corrected chi connectivity index (χ1v) is 13.6. The van der Waals surface area contributed by atoms with Crippen LogP contribution in [0.3, 0.4) is 0 Å². The molecule has 2 aliphatic heterocycles. The van der Waals surface area contributed by atoms with Crippen LogP contribution in [0.1, 0.15) is 5.56 Å². The molecule has 0 unspecified atom stereocenters. The molecule has 2 fully saturated rings. The maximum Gasteiger partial charge on any atom is 0.341 e. The number of halogens is 2. The molecule has 36 heavy (non-hydrogen) atoms. The summed E-state index contributed by atoms with van der Waals surface area (Å²) in [4.78, 5) is 54.4. The number of carbonyl (C=O) groups excluding carboxylic acids is 3. The number of thioether (sulfide) groups is 1. The number of nitrogens with zero attached hydrogens (tertiary/aromatic N) is 3. The molecular weight excluding hydrogens is 665 g/mol. The summed E-state index contributed by atoms with van der Waals surface area (Å²) >= 11 is 6.18. The van der Waals surface area contributed by atoms with Crippen LogP contribution in [0, 0.1) is 3.57 Å². The fourth-order valence-electron chi connectivity index (χ4n) is 3.84. The van der Waals surface area contributed by atoms with E-state index in [-0.39, 0.29) is 23.1 Å². The molecule has 2 heterocycles. The molecule has 0 aromatic heterocycles. The van der Waals surface area contributed by atoms with Crippen LogP contribution in [0.4, 0.5) is 10.5 Å². The van der Waals surface area contributed by atoms with Crippen LogP contribution in [-0.2, 0) is 14.4 Å². The van der Waals surface area contributed by atoms with Crippen molar-refractivity contribution < 1.29 is 29.0 Å². The van der Waals surface area contributed by atoms with Gasteiger partial charge in [-0.1, -0.05) is 18.2 Å². The summed E-state index contributed by atoms with van der Waals surface area (Å²) in [5.74, 6) is -1.75. The first kappa shape index (κ1) is 26.5. The molecule has 2 aromatic rings. The fourth-order valence-corrected chi connectivity index (χ4v) is 6.33. The van der Waals surface area contributed by atoms with Crippen molar-refractivity contribution in [2.24, 2.45) is 0 Å². The van der Waals surface area contributed by atoms with Crippen molar-refractivity contribution in [3.05, 3.63) is 61.0 Å². The second kappa shape index (κ2) is 11.6. The van der Waals surface area contributed by atoms with Gasteiger partial charge in [-0.05, 0) is 80.6 Å². The second-order valence-corrected chi connectivity index (χ2v) is 11.1. The highest BCUT2D eigenvalue weighted by Gasteiger charge is 2.37. The highest BCUT2D eigenvalue weighted by Crippen LogP contribution is 2.37. The Labute approximate surface area is 233 Å². The number of ether oxygens (including phenoxy) is 1. The lowest BCUT2D eigenvalue weighted by molar-refractivity contribution is -0.139. The van der Waals surface area contributed by atoms with Crippen LogP contribution < -0.4 is 9.64 Å². The number of amides is 3. The first-order valence-electron chi connectivity index (χ1n) is 10.9. The average molecular weight is 686 g/mol. The van der Waals surface area contributed by atoms with E-state index in [0.29, 0.717) is 36.2 Å². The molecule has 3 amide bonds. The van der Waals surface area contributed by atoms with E-state index in [1.807, 2.05) is 30.3 Å². The summed E-state index contributed by atoms with van der Waals surface area (Å²) in [6, 6.07) is 13.4. The van der Waals surface area contributed by atoms with Crippen LogP contribution in [-0.4, -0.2) is 77.3 Å². The molecule has 0 spiro atoms. The Morgan fingerprint density at radius 3 is 2.47 bits per heavy atom. The minimum Gasteiger partial charge on any atom is -0.480 e. The molecule has 2 saturated heterocycles. The highest BCUT2D eigenvalue weighted by molar-refractivity contribution is 14.1. The third kappa shape index (κ3) is 6.21. The maximum atomic E-state index is 13.0. The normalized spacial score (nSPS) is 17.2. The van der Waals surface area contributed by atoms with E-state index in [1.165, 1.54) is 6.08 Å². The lowest BCUT2D eigenvalue weighted by Crippen LogP contribution is -2.51. The smallest absolute Gasteiger partial charge is 0.341 e. The van der Waals surface area contributed by atoms with E-state index in [1.54, 1.807) is 17.0 Å². The first-order chi connectivity index (χ1) is 17.2. The Morgan fingerprint density at radius 1 is 1.11 bits per heavy atom. The molecule has 0 atom stereocenters. The molecular formula is C24H21BrIN3O6S. The second-order valence-electron chi connectivity index (χ2n) is 7.96. The summed E-state index contributed by atoms with van der Waals surface area (Å²) < 4.78 is 6.73. The Bertz CT molecular complexity index is 1230. The Hall–Kier alpha value is -2.58. The number of rotatable bonds is 7. The SMILES string of the molecule is O=C(O)COc1c(Br)cc(I)cc1/C=C1/SC(=O)N(CC(=O)N2CCN(c3ccccc3)CC2)C1=O. The van der Waals surface area contributed by atoms with Gasteiger partial charge in [0.25, 0.3) is 11.1 Å². The molecule has 0 bridgehead atoms. The predicted molar refractivity (Wildman–Crippen MR) is 148 cm³/mol. The highest BCUT2D eigenvalue weighted by atomic mass is 127. The largest absolute Gasteiger partial charge is 0.480 e. The van der Waals surface area contributed by atoms with Gasteiger partial charge in [0.15, 0.2) is 6.61 Å². The standard InChI is InChI=1S/C24H21BrIN3O6S/c25-18-12-16(26)10-15(22(18)35-14-21(31)32)11-19-23(33)29(24(34)36-19)13-20(30)28-8-6-27(7-9-28)17-4-2-1-3-5-17/h1-5,10-12H,6-9,13-14H2,(H,31,32)/b19-11+. The fraction of sp³-hybridized carbons (Fsp3) is 0.250. The molecule has 4 rings (SSSR count). The van der Waals surface area contributed by atoms with Crippen molar-refractivity contribution in [1.82, 2.24) is 9.80 Å². The lowest BCUT2D eigenvalue weighted by atomic mass is 10.2. The molecule has 12 heteroatoms. The number of benzene rings is 2. The van der Waals surface area contributed by atoms with Gasteiger partial charge >= 0.3 is 5.97 Å². The average Bonchev–Trinajstić information content (AvgIpc) is 3.11. The summed E-state index contributed by atoms with van der Waals surface area (Å²) in [6.45, 7) is 1.44. The molecule has 2 aliphatic rings. The molecule has 188 valence electrons. The number of carboxylic acid groups (broad SMARTS) is 1. The molecule has 0 saturated carbocycles. The van der Waals surface area contributed by atoms with Gasteiger partial charge in [-0.15, -0.1) is 0 Å². The number of aliphatic carboxylic acids is 1. The van der Waals surface area contributed by atoms with Gasteiger partial charge in [-0.25, -0.2) is 4.79 Å². The van der Waals surface area contributed by atoms with Gasteiger partial charge in [0.2, 0.25) is 5.91 Å². The van der Waals surface area contributed by atoms with Crippen LogP contribution >= 0.6 is 50.3 Å². The van der Waals surface area contributed by atoms with Crippen LogP contribution in [0.15, 0.2) is 51.8 Å². The van der Waals surface area contributed by atoms with E-state index >= 15 is 0 Å². The molecule has 9 nitrogen and oxygen atoms in total. The van der Waals surface area contributed by atoms with E-state index in [2.05, 4.69) is 43.4 Å². The van der Waals surface area contributed by atoms with Gasteiger partial charge < -0.3 is 19.6 Å². The maximum absolute atomic E-state index is 13.0. The van der Waals surface area contributed by atoms with Gasteiger partial charge in [0.1, 0.15) is 12.3 Å². The van der Waals surface area contributed by atoms with E-state index in [0.717, 1.165) is 25.9 Å². The number of carbonyl (C=O) groups is 4. The topological polar surface area (TPSA) is 107 Å². The van der Waals surface area contributed by atoms with Gasteiger partial charge in [0, 0.05) is 41.0 Å². The zero-order valence-electron chi connectivity index (χ0n) is 18.9. The van der Waals surface area contributed by atoms with Crippen molar-refractivity contribution in [2.45, 2.75) is 0 Å². The van der Waals surface area contributed by atoms with Crippen molar-refractivity contribution in [3.8, 4) is 5.75 Å². The summed E-state index contributed by atoms with van der Waals surface area (Å²) in [7, 11) is 0. The molecule has 0 radical (unpaired) electrons. The van der Waals surface area contributed by atoms with Crippen LogP contribution in [0.2, 0.25) is 0 Å². The lowest BCUT2D eigenvalue weighted by Gasteiger charge is -2.36. The van der Waals surface area contributed by atoms with E-state index in [9.17, 15) is 19.2 Å². The number of para-hydroxylation sites is 1. The molecule has 0 aliphatic carbocycles. The van der Waals surface area contributed by atoms with Gasteiger partial charge in [-0.3, -0.25) is 19.3 Å². The number of imide groups is 1. The van der Waals surface area contributed by atoms with Crippen molar-refractivity contribution >= 4 is 85.1 Å². The van der Waals surface area contributed by atoms with Crippen molar-refractivity contribution in [3.63, 3.8) is 0 Å². The molecule has 2 aromatic carbocycles. The minimum atomic E-state index is -1.14. The third-order valence-corrected chi connectivity index (χ3v) is 7.70. The number of carboxylic acids is 1. The summed E-state index contributed by atoms with van der Waals surface area (Å²) in [6.07, 6.45) is 1.48. The number of anilines is 1. The number of hydrogen-bond acceptors (Lipinski definition) is 7. The van der Waals surface area contributed by atoms with E-state index < -0.39 is 23.7 Å². The predicted octanol–water partition coefficient (Wildman–Crippen LogP) is 3.90. The molecule has 1 N–H and O–H groups in total. The number of piperazine rings is 1. The van der Waals surface area contributed by atoms with Crippen LogP contribution in [0.5, 0.6) is 5.75 Å².